The standard InChI is InChI=1S/C15H32/c1-8-10-12(5)15(9-2)14(7)13(6)11(3)4/h11-15H,8-10H2,1-7H3. The summed E-state index contributed by atoms with van der Waals surface area (Å²) < 4.78 is 0. The Balaban J connectivity index is 4.38. The van der Waals surface area contributed by atoms with Crippen molar-refractivity contribution in [1.82, 2.24) is 0 Å². The molecule has 0 aromatic heterocycles. The van der Waals surface area contributed by atoms with E-state index in [1.807, 2.05) is 0 Å². The normalized spacial score (nSPS) is 20.0. The van der Waals surface area contributed by atoms with Gasteiger partial charge in [-0.1, -0.05) is 67.7 Å². The molecule has 0 N–H and O–H groups in total. The van der Waals surface area contributed by atoms with Crippen molar-refractivity contribution in [2.75, 3.05) is 0 Å². The fourth-order valence-corrected chi connectivity index (χ4v) is 2.96. The smallest absolute Gasteiger partial charge is 0.0363 e. The molecule has 92 valence electrons. The molecular formula is C15H32. The van der Waals surface area contributed by atoms with Crippen molar-refractivity contribution in [3.05, 3.63) is 0 Å². The van der Waals surface area contributed by atoms with Crippen molar-refractivity contribution >= 4 is 0 Å². The second kappa shape index (κ2) is 7.30. The SMILES string of the molecule is CCCC(C)C(CC)C(C)C(C)C(C)C. The molecule has 4 unspecified atom stereocenters. The molecule has 0 aromatic rings. The Hall–Kier alpha value is 0. The Labute approximate surface area is 97.8 Å². The van der Waals surface area contributed by atoms with Crippen LogP contribution in [0.15, 0.2) is 0 Å². The third-order valence-corrected chi connectivity index (χ3v) is 4.50. The van der Waals surface area contributed by atoms with Gasteiger partial charge in [-0.3, -0.25) is 0 Å². The van der Waals surface area contributed by atoms with Crippen LogP contribution in [0.4, 0.5) is 0 Å². The Morgan fingerprint density at radius 3 is 1.67 bits per heavy atom. The van der Waals surface area contributed by atoms with Gasteiger partial charge in [-0.25, -0.2) is 0 Å². The molecule has 0 saturated heterocycles. The van der Waals surface area contributed by atoms with E-state index in [-0.39, 0.29) is 0 Å². The average Bonchev–Trinajstić information content (AvgIpc) is 2.17. The van der Waals surface area contributed by atoms with Crippen LogP contribution in [-0.2, 0) is 0 Å². The lowest BCUT2D eigenvalue weighted by molar-refractivity contribution is 0.151. The van der Waals surface area contributed by atoms with Crippen LogP contribution < -0.4 is 0 Å². The van der Waals surface area contributed by atoms with Crippen LogP contribution in [-0.4, -0.2) is 0 Å². The van der Waals surface area contributed by atoms with Gasteiger partial charge in [0.05, 0.1) is 0 Å². The maximum Gasteiger partial charge on any atom is -0.0363 e. The zero-order chi connectivity index (χ0) is 12.0. The summed E-state index contributed by atoms with van der Waals surface area (Å²) >= 11 is 0. The molecule has 0 bridgehead atoms. The summed E-state index contributed by atoms with van der Waals surface area (Å²) in [5.74, 6) is 4.37. The summed E-state index contributed by atoms with van der Waals surface area (Å²) in [7, 11) is 0. The molecular weight excluding hydrogens is 180 g/mol. The molecule has 15 heavy (non-hydrogen) atoms. The zero-order valence-corrected chi connectivity index (χ0v) is 12.0. The first-order valence-corrected chi connectivity index (χ1v) is 6.95. The molecule has 0 saturated carbocycles. The summed E-state index contributed by atoms with van der Waals surface area (Å²) in [5.41, 5.74) is 0. The van der Waals surface area contributed by atoms with Crippen molar-refractivity contribution in [1.29, 1.82) is 0 Å². The van der Waals surface area contributed by atoms with Gasteiger partial charge in [-0.15, -0.1) is 0 Å². The number of hydrogen-bond donors (Lipinski definition) is 0. The highest BCUT2D eigenvalue weighted by Crippen LogP contribution is 2.35. The molecule has 0 aliphatic heterocycles. The molecule has 0 heteroatoms. The van der Waals surface area contributed by atoms with E-state index in [1.165, 1.54) is 19.3 Å². The number of rotatable bonds is 7. The van der Waals surface area contributed by atoms with Gasteiger partial charge in [0.25, 0.3) is 0 Å². The van der Waals surface area contributed by atoms with Crippen LogP contribution in [0, 0.1) is 29.6 Å². The predicted octanol–water partition coefficient (Wildman–Crippen LogP) is 5.38. The van der Waals surface area contributed by atoms with Gasteiger partial charge >= 0.3 is 0 Å². The minimum Gasteiger partial charge on any atom is -0.0654 e. The van der Waals surface area contributed by atoms with E-state index in [0.717, 1.165) is 29.6 Å². The molecule has 0 radical (unpaired) electrons. The highest BCUT2D eigenvalue weighted by Gasteiger charge is 2.26. The molecule has 0 rings (SSSR count). The van der Waals surface area contributed by atoms with E-state index in [4.69, 9.17) is 0 Å². The van der Waals surface area contributed by atoms with Crippen LogP contribution in [0.25, 0.3) is 0 Å². The van der Waals surface area contributed by atoms with Crippen LogP contribution in [0.2, 0.25) is 0 Å². The highest BCUT2D eigenvalue weighted by atomic mass is 14.3. The minimum absolute atomic E-state index is 0.822. The second-order valence-corrected chi connectivity index (χ2v) is 5.80. The van der Waals surface area contributed by atoms with Crippen molar-refractivity contribution in [3.63, 3.8) is 0 Å². The van der Waals surface area contributed by atoms with Crippen LogP contribution in [0.1, 0.15) is 67.7 Å². The van der Waals surface area contributed by atoms with Crippen molar-refractivity contribution in [2.24, 2.45) is 29.6 Å². The van der Waals surface area contributed by atoms with Gasteiger partial charge in [0.2, 0.25) is 0 Å². The van der Waals surface area contributed by atoms with Gasteiger partial charge in [-0.2, -0.15) is 0 Å². The van der Waals surface area contributed by atoms with E-state index in [1.54, 1.807) is 0 Å². The van der Waals surface area contributed by atoms with E-state index in [2.05, 4.69) is 48.5 Å². The maximum atomic E-state index is 2.46. The van der Waals surface area contributed by atoms with Crippen LogP contribution in [0.3, 0.4) is 0 Å². The van der Waals surface area contributed by atoms with E-state index in [0.29, 0.717) is 0 Å². The Morgan fingerprint density at radius 1 is 0.800 bits per heavy atom. The molecule has 0 aromatic carbocycles. The molecule has 0 amide bonds. The first-order chi connectivity index (χ1) is 6.95. The van der Waals surface area contributed by atoms with Crippen LogP contribution in [0.5, 0.6) is 0 Å². The van der Waals surface area contributed by atoms with Crippen molar-refractivity contribution in [2.45, 2.75) is 67.7 Å². The van der Waals surface area contributed by atoms with Gasteiger partial charge in [0.1, 0.15) is 0 Å². The van der Waals surface area contributed by atoms with E-state index < -0.39 is 0 Å². The summed E-state index contributed by atoms with van der Waals surface area (Å²) in [6, 6.07) is 0. The fraction of sp³-hybridized carbons (Fsp3) is 1.00. The summed E-state index contributed by atoms with van der Waals surface area (Å²) in [6.07, 6.45) is 4.08. The molecule has 4 atom stereocenters. The lowest BCUT2D eigenvalue weighted by Gasteiger charge is -2.34. The van der Waals surface area contributed by atoms with E-state index >= 15 is 0 Å². The quantitative estimate of drug-likeness (QED) is 0.531. The molecule has 0 spiro atoms. The van der Waals surface area contributed by atoms with Gasteiger partial charge in [0, 0.05) is 0 Å². The third kappa shape index (κ3) is 4.57. The van der Waals surface area contributed by atoms with Gasteiger partial charge in [0.15, 0.2) is 0 Å². The summed E-state index contributed by atoms with van der Waals surface area (Å²) in [5, 5.41) is 0. The second-order valence-electron chi connectivity index (χ2n) is 5.80. The molecule has 0 aliphatic carbocycles. The number of hydrogen-bond acceptors (Lipinski definition) is 0. The third-order valence-electron chi connectivity index (χ3n) is 4.50. The largest absolute Gasteiger partial charge is 0.0654 e. The first kappa shape index (κ1) is 15.0. The molecule has 0 heterocycles. The van der Waals surface area contributed by atoms with Crippen LogP contribution >= 0.6 is 0 Å². The minimum atomic E-state index is 0.822. The lowest BCUT2D eigenvalue weighted by Crippen LogP contribution is -2.27. The van der Waals surface area contributed by atoms with E-state index in [9.17, 15) is 0 Å². The highest BCUT2D eigenvalue weighted by molar-refractivity contribution is 4.76. The molecule has 0 nitrogen and oxygen atoms in total. The molecule has 0 fully saturated rings. The summed E-state index contributed by atoms with van der Waals surface area (Å²) in [6.45, 7) is 16.7. The summed E-state index contributed by atoms with van der Waals surface area (Å²) in [4.78, 5) is 0. The van der Waals surface area contributed by atoms with Gasteiger partial charge in [-0.05, 0) is 29.6 Å². The molecule has 0 aliphatic rings. The Bertz CT molecular complexity index is 148. The maximum absolute atomic E-state index is 2.46. The fourth-order valence-electron chi connectivity index (χ4n) is 2.96. The lowest BCUT2D eigenvalue weighted by atomic mass is 9.71. The van der Waals surface area contributed by atoms with Crippen molar-refractivity contribution < 1.29 is 0 Å². The first-order valence-electron chi connectivity index (χ1n) is 6.95. The predicted molar refractivity (Wildman–Crippen MR) is 71.0 cm³/mol. The Kier molecular flexibility index (Phi) is 7.30. The Morgan fingerprint density at radius 2 is 1.33 bits per heavy atom. The van der Waals surface area contributed by atoms with Crippen molar-refractivity contribution in [3.8, 4) is 0 Å². The zero-order valence-electron chi connectivity index (χ0n) is 12.0. The monoisotopic (exact) mass is 212 g/mol. The van der Waals surface area contributed by atoms with Gasteiger partial charge < -0.3 is 0 Å². The topological polar surface area (TPSA) is 0 Å². The average molecular weight is 212 g/mol.